The van der Waals surface area contributed by atoms with Crippen LogP contribution in [0.4, 0.5) is 0 Å². The van der Waals surface area contributed by atoms with E-state index in [0.29, 0.717) is 12.1 Å². The molecule has 0 aromatic heterocycles. The van der Waals surface area contributed by atoms with Gasteiger partial charge in [0.2, 0.25) is 10.0 Å². The number of rotatable bonds is 5. The Hall–Kier alpha value is -0.550. The Morgan fingerprint density at radius 3 is 2.22 bits per heavy atom. The molecule has 1 aromatic rings. The topological polar surface area (TPSA) is 37.4 Å². The Morgan fingerprint density at radius 2 is 1.78 bits per heavy atom. The largest absolute Gasteiger partial charge is 0.243 e. The van der Waals surface area contributed by atoms with Crippen molar-refractivity contribution in [2.45, 2.75) is 18.7 Å². The summed E-state index contributed by atoms with van der Waals surface area (Å²) in [7, 11) is -3.50. The molecular formula is C12H15Cl2NO2S. The molecule has 0 aliphatic rings. The van der Waals surface area contributed by atoms with Crippen molar-refractivity contribution in [2.75, 3.05) is 13.1 Å². The van der Waals surface area contributed by atoms with Gasteiger partial charge in [-0.1, -0.05) is 48.3 Å². The van der Waals surface area contributed by atoms with Crippen molar-refractivity contribution in [3.8, 4) is 0 Å². The lowest BCUT2D eigenvalue weighted by Crippen LogP contribution is -2.32. The molecule has 0 aliphatic heterocycles. The van der Waals surface area contributed by atoms with Crippen molar-refractivity contribution >= 4 is 33.2 Å². The van der Waals surface area contributed by atoms with Crippen LogP contribution >= 0.6 is 23.2 Å². The number of hydrogen-bond acceptors (Lipinski definition) is 2. The van der Waals surface area contributed by atoms with Gasteiger partial charge in [0.1, 0.15) is 4.49 Å². The molecule has 3 nitrogen and oxygen atoms in total. The molecule has 0 bridgehead atoms. The van der Waals surface area contributed by atoms with Crippen LogP contribution < -0.4 is 0 Å². The molecule has 18 heavy (non-hydrogen) atoms. The Morgan fingerprint density at radius 1 is 1.22 bits per heavy atom. The van der Waals surface area contributed by atoms with E-state index in [9.17, 15) is 8.42 Å². The molecule has 0 unspecified atom stereocenters. The molecule has 0 atom stereocenters. The van der Waals surface area contributed by atoms with Gasteiger partial charge in [0, 0.05) is 13.1 Å². The van der Waals surface area contributed by atoms with E-state index in [-0.39, 0.29) is 15.9 Å². The van der Waals surface area contributed by atoms with E-state index in [1.165, 1.54) is 4.31 Å². The minimum atomic E-state index is -3.50. The fourth-order valence-corrected chi connectivity index (χ4v) is 3.05. The van der Waals surface area contributed by atoms with Gasteiger partial charge < -0.3 is 0 Å². The minimum absolute atomic E-state index is 0.108. The Labute approximate surface area is 118 Å². The summed E-state index contributed by atoms with van der Waals surface area (Å²) in [6.07, 6.45) is 0. The van der Waals surface area contributed by atoms with Crippen molar-refractivity contribution in [2.24, 2.45) is 0 Å². The fourth-order valence-electron chi connectivity index (χ4n) is 1.43. The van der Waals surface area contributed by atoms with Crippen molar-refractivity contribution < 1.29 is 8.42 Å². The molecule has 0 saturated heterocycles. The second kappa shape index (κ2) is 6.57. The van der Waals surface area contributed by atoms with E-state index in [4.69, 9.17) is 23.2 Å². The summed E-state index contributed by atoms with van der Waals surface area (Å²) in [5.41, 5.74) is 0.625. The number of halogens is 2. The summed E-state index contributed by atoms with van der Waals surface area (Å²) in [5.74, 6) is 0. The van der Waals surface area contributed by atoms with E-state index in [1.807, 2.05) is 0 Å². The van der Waals surface area contributed by atoms with Crippen LogP contribution in [0.1, 0.15) is 13.8 Å². The number of hydrogen-bond donors (Lipinski definition) is 0. The first kappa shape index (κ1) is 15.5. The Bertz CT molecular complexity index is 522. The molecule has 1 aromatic carbocycles. The van der Waals surface area contributed by atoms with Gasteiger partial charge in [0.15, 0.2) is 0 Å². The third-order valence-corrected chi connectivity index (χ3v) is 5.05. The minimum Gasteiger partial charge on any atom is -0.207 e. The molecular weight excluding hydrogens is 293 g/mol. The van der Waals surface area contributed by atoms with Gasteiger partial charge >= 0.3 is 0 Å². The predicted octanol–water partition coefficient (Wildman–Crippen LogP) is 3.41. The first-order valence-corrected chi connectivity index (χ1v) is 7.65. The second-order valence-corrected chi connectivity index (χ2v) is 6.67. The van der Waals surface area contributed by atoms with E-state index in [1.54, 1.807) is 44.2 Å². The maximum atomic E-state index is 12.3. The highest BCUT2D eigenvalue weighted by Crippen LogP contribution is 2.19. The third-order valence-electron chi connectivity index (χ3n) is 2.47. The highest BCUT2D eigenvalue weighted by Gasteiger charge is 2.23. The van der Waals surface area contributed by atoms with Crippen LogP contribution in [0.3, 0.4) is 0 Å². The van der Waals surface area contributed by atoms with Gasteiger partial charge in [-0.2, -0.15) is 4.31 Å². The summed E-state index contributed by atoms with van der Waals surface area (Å²) in [6, 6.07) is 8.30. The quantitative estimate of drug-likeness (QED) is 0.836. The van der Waals surface area contributed by atoms with Crippen LogP contribution in [-0.4, -0.2) is 25.8 Å². The van der Waals surface area contributed by atoms with Crippen molar-refractivity contribution in [1.82, 2.24) is 4.31 Å². The van der Waals surface area contributed by atoms with E-state index in [0.717, 1.165) is 0 Å². The molecule has 0 saturated carbocycles. The van der Waals surface area contributed by atoms with Crippen molar-refractivity contribution in [3.63, 3.8) is 0 Å². The number of benzene rings is 1. The first-order valence-electron chi connectivity index (χ1n) is 5.45. The second-order valence-electron chi connectivity index (χ2n) is 3.79. The summed E-state index contributed by atoms with van der Waals surface area (Å²) in [4.78, 5) is 0.269. The lowest BCUT2D eigenvalue weighted by atomic mass is 10.3. The van der Waals surface area contributed by atoms with Gasteiger partial charge in [-0.3, -0.25) is 0 Å². The van der Waals surface area contributed by atoms with Crippen LogP contribution in [0.15, 0.2) is 45.3 Å². The molecule has 0 heterocycles. The normalized spacial score (nSPS) is 11.6. The zero-order valence-electron chi connectivity index (χ0n) is 10.2. The average Bonchev–Trinajstić information content (AvgIpc) is 2.36. The molecule has 1 rings (SSSR count). The third kappa shape index (κ3) is 3.72. The maximum absolute atomic E-state index is 12.3. The van der Waals surface area contributed by atoms with Gasteiger partial charge in [0.05, 0.1) is 4.90 Å². The van der Waals surface area contributed by atoms with Crippen molar-refractivity contribution in [1.29, 1.82) is 0 Å². The smallest absolute Gasteiger partial charge is 0.207 e. The van der Waals surface area contributed by atoms with Gasteiger partial charge in [-0.05, 0) is 24.6 Å². The van der Waals surface area contributed by atoms with Crippen LogP contribution in [0, 0.1) is 0 Å². The number of sulfonamides is 1. The summed E-state index contributed by atoms with van der Waals surface area (Å²) in [5, 5.41) is 0. The van der Waals surface area contributed by atoms with Crippen LogP contribution in [0.2, 0.25) is 0 Å². The highest BCUT2D eigenvalue weighted by molar-refractivity contribution is 7.89. The summed E-state index contributed by atoms with van der Waals surface area (Å²) in [6.45, 7) is 4.03. The van der Waals surface area contributed by atoms with Gasteiger partial charge in [0.25, 0.3) is 0 Å². The average molecular weight is 308 g/mol. The van der Waals surface area contributed by atoms with E-state index >= 15 is 0 Å². The standard InChI is InChI=1S/C12H15Cl2NO2S/c1-3-15(9-10(2)12(13)14)18(16,17)11-7-5-4-6-8-11/h4-8H,3,9H2,1-2H3. The summed E-state index contributed by atoms with van der Waals surface area (Å²) < 4.78 is 26.1. The molecule has 0 amide bonds. The molecule has 0 spiro atoms. The molecule has 0 N–H and O–H groups in total. The SMILES string of the molecule is CCN(CC(C)=C(Cl)Cl)S(=O)(=O)c1ccccc1. The molecule has 6 heteroatoms. The molecule has 0 aliphatic carbocycles. The zero-order chi connectivity index (χ0) is 13.8. The van der Waals surface area contributed by atoms with Crippen LogP contribution in [-0.2, 0) is 10.0 Å². The monoisotopic (exact) mass is 307 g/mol. The number of nitrogens with zero attached hydrogens (tertiary/aromatic N) is 1. The zero-order valence-corrected chi connectivity index (χ0v) is 12.6. The molecule has 0 radical (unpaired) electrons. The Kier molecular flexibility index (Phi) is 5.66. The first-order chi connectivity index (χ1) is 8.39. The fraction of sp³-hybridized carbons (Fsp3) is 0.333. The highest BCUT2D eigenvalue weighted by atomic mass is 35.5. The predicted molar refractivity (Wildman–Crippen MR) is 75.3 cm³/mol. The van der Waals surface area contributed by atoms with Gasteiger partial charge in [-0.15, -0.1) is 0 Å². The van der Waals surface area contributed by atoms with Crippen LogP contribution in [0.5, 0.6) is 0 Å². The summed E-state index contributed by atoms with van der Waals surface area (Å²) >= 11 is 11.3. The van der Waals surface area contributed by atoms with Crippen LogP contribution in [0.25, 0.3) is 0 Å². The van der Waals surface area contributed by atoms with E-state index < -0.39 is 10.0 Å². The lowest BCUT2D eigenvalue weighted by Gasteiger charge is -2.20. The lowest BCUT2D eigenvalue weighted by molar-refractivity contribution is 0.452. The van der Waals surface area contributed by atoms with Gasteiger partial charge in [-0.25, -0.2) is 8.42 Å². The molecule has 0 fully saturated rings. The maximum Gasteiger partial charge on any atom is 0.243 e. The molecule has 100 valence electrons. The Balaban J connectivity index is 3.06. The number of likely N-dealkylation sites (N-methyl/N-ethyl adjacent to an activating group) is 1. The van der Waals surface area contributed by atoms with Crippen molar-refractivity contribution in [3.05, 3.63) is 40.4 Å². The van der Waals surface area contributed by atoms with E-state index in [2.05, 4.69) is 0 Å².